The molecule has 0 fully saturated rings. The van der Waals surface area contributed by atoms with Gasteiger partial charge in [-0.2, -0.15) is 0 Å². The lowest BCUT2D eigenvalue weighted by atomic mass is 10.1. The van der Waals surface area contributed by atoms with Crippen LogP contribution < -0.4 is 0 Å². The molecule has 0 aliphatic heterocycles. The standard InChI is InChI=1S/C13H7FOS2/c14-9-3-1-8(2-4-9)13(15)12-7-11-10(17-12)5-6-16-11/h1-7H. The first-order chi connectivity index (χ1) is 8.24. The summed E-state index contributed by atoms with van der Waals surface area (Å²) in [5, 5.41) is 2.01. The van der Waals surface area contributed by atoms with Crippen molar-refractivity contribution in [3.63, 3.8) is 0 Å². The molecule has 2 heterocycles. The summed E-state index contributed by atoms with van der Waals surface area (Å²) < 4.78 is 15.0. The topological polar surface area (TPSA) is 17.1 Å². The Morgan fingerprint density at radius 2 is 1.82 bits per heavy atom. The zero-order valence-corrected chi connectivity index (χ0v) is 10.3. The molecule has 84 valence electrons. The number of hydrogen-bond donors (Lipinski definition) is 0. The van der Waals surface area contributed by atoms with Crippen molar-refractivity contribution in [1.29, 1.82) is 0 Å². The van der Waals surface area contributed by atoms with Crippen molar-refractivity contribution in [3.8, 4) is 0 Å². The minimum atomic E-state index is -0.325. The van der Waals surface area contributed by atoms with Crippen molar-refractivity contribution in [1.82, 2.24) is 0 Å². The second-order valence-electron chi connectivity index (χ2n) is 3.60. The number of halogens is 1. The summed E-state index contributed by atoms with van der Waals surface area (Å²) in [6.07, 6.45) is 0. The van der Waals surface area contributed by atoms with Crippen LogP contribution in [0.15, 0.2) is 41.8 Å². The summed E-state index contributed by atoms with van der Waals surface area (Å²) >= 11 is 3.10. The van der Waals surface area contributed by atoms with Crippen LogP contribution in [0.25, 0.3) is 9.40 Å². The van der Waals surface area contributed by atoms with Gasteiger partial charge in [0.1, 0.15) is 5.82 Å². The predicted molar refractivity (Wildman–Crippen MR) is 69.5 cm³/mol. The lowest BCUT2D eigenvalue weighted by Gasteiger charge is -1.97. The van der Waals surface area contributed by atoms with Gasteiger partial charge in [-0.15, -0.1) is 22.7 Å². The zero-order chi connectivity index (χ0) is 11.8. The molecule has 0 aliphatic carbocycles. The smallest absolute Gasteiger partial charge is 0.203 e. The minimum absolute atomic E-state index is 0.0431. The van der Waals surface area contributed by atoms with Gasteiger partial charge in [-0.25, -0.2) is 4.39 Å². The maximum absolute atomic E-state index is 12.8. The molecule has 2 aromatic heterocycles. The molecule has 0 saturated carbocycles. The third kappa shape index (κ3) is 1.90. The summed E-state index contributed by atoms with van der Waals surface area (Å²) in [5.41, 5.74) is 0.528. The van der Waals surface area contributed by atoms with E-state index in [0.29, 0.717) is 10.4 Å². The van der Waals surface area contributed by atoms with E-state index in [9.17, 15) is 9.18 Å². The maximum Gasteiger partial charge on any atom is 0.203 e. The number of rotatable bonds is 2. The molecule has 3 aromatic rings. The van der Waals surface area contributed by atoms with Crippen molar-refractivity contribution in [2.24, 2.45) is 0 Å². The van der Waals surface area contributed by atoms with E-state index in [1.54, 1.807) is 11.3 Å². The highest BCUT2D eigenvalue weighted by atomic mass is 32.1. The molecule has 0 radical (unpaired) electrons. The van der Waals surface area contributed by atoms with Crippen molar-refractivity contribution < 1.29 is 9.18 Å². The van der Waals surface area contributed by atoms with E-state index in [-0.39, 0.29) is 11.6 Å². The first kappa shape index (κ1) is 10.6. The third-order valence-corrected chi connectivity index (χ3v) is 4.56. The second kappa shape index (κ2) is 4.05. The van der Waals surface area contributed by atoms with Gasteiger partial charge < -0.3 is 0 Å². The highest BCUT2D eigenvalue weighted by molar-refractivity contribution is 7.28. The van der Waals surface area contributed by atoms with Crippen molar-refractivity contribution >= 4 is 37.9 Å². The number of ketones is 1. The summed E-state index contributed by atoms with van der Waals surface area (Å²) in [6, 6.07) is 9.56. The van der Waals surface area contributed by atoms with E-state index in [0.717, 1.165) is 9.40 Å². The molecule has 0 amide bonds. The molecule has 0 atom stereocenters. The van der Waals surface area contributed by atoms with Gasteiger partial charge in [-0.1, -0.05) is 0 Å². The molecular weight excluding hydrogens is 255 g/mol. The van der Waals surface area contributed by atoms with Crippen molar-refractivity contribution in [3.05, 3.63) is 58.0 Å². The Kier molecular flexibility index (Phi) is 2.53. The van der Waals surface area contributed by atoms with E-state index in [1.807, 2.05) is 17.5 Å². The highest BCUT2D eigenvalue weighted by Crippen LogP contribution is 2.31. The fraction of sp³-hybridized carbons (Fsp3) is 0. The Labute approximate surface area is 105 Å². The van der Waals surface area contributed by atoms with Gasteiger partial charge in [0.05, 0.1) is 4.88 Å². The van der Waals surface area contributed by atoms with Gasteiger partial charge in [0, 0.05) is 15.0 Å². The number of fused-ring (bicyclic) bond motifs is 1. The number of carbonyl (C=O) groups excluding carboxylic acids is 1. The fourth-order valence-corrected chi connectivity index (χ4v) is 3.69. The summed E-state index contributed by atoms with van der Waals surface area (Å²) in [4.78, 5) is 12.8. The van der Waals surface area contributed by atoms with Gasteiger partial charge in [0.2, 0.25) is 5.78 Å². The van der Waals surface area contributed by atoms with Gasteiger partial charge in [-0.3, -0.25) is 4.79 Å². The molecule has 0 unspecified atom stereocenters. The predicted octanol–water partition coefficient (Wildman–Crippen LogP) is 4.33. The largest absolute Gasteiger partial charge is 0.288 e. The van der Waals surface area contributed by atoms with Gasteiger partial charge in [-0.05, 0) is 41.8 Å². The van der Waals surface area contributed by atoms with Crippen LogP contribution in [-0.2, 0) is 0 Å². The second-order valence-corrected chi connectivity index (χ2v) is 5.63. The molecule has 4 heteroatoms. The Balaban J connectivity index is 2.01. The zero-order valence-electron chi connectivity index (χ0n) is 8.64. The van der Waals surface area contributed by atoms with Gasteiger partial charge in [0.15, 0.2) is 0 Å². The highest BCUT2D eigenvalue weighted by Gasteiger charge is 2.13. The molecule has 0 N–H and O–H groups in total. The summed E-state index contributed by atoms with van der Waals surface area (Å²) in [5.74, 6) is -0.368. The lowest BCUT2D eigenvalue weighted by molar-refractivity contribution is 0.104. The molecule has 3 rings (SSSR count). The van der Waals surface area contributed by atoms with E-state index in [2.05, 4.69) is 0 Å². The van der Waals surface area contributed by atoms with Crippen LogP contribution in [0.2, 0.25) is 0 Å². The molecular formula is C13H7FOS2. The summed E-state index contributed by atoms with van der Waals surface area (Å²) in [7, 11) is 0. The SMILES string of the molecule is O=C(c1ccc(F)cc1)c1cc2sccc2s1. The van der Waals surface area contributed by atoms with Crippen LogP contribution in [0.3, 0.4) is 0 Å². The van der Waals surface area contributed by atoms with Crippen LogP contribution in [0, 0.1) is 5.82 Å². The maximum atomic E-state index is 12.8. The average molecular weight is 262 g/mol. The average Bonchev–Trinajstić information content (AvgIpc) is 2.89. The molecule has 0 spiro atoms. The third-order valence-electron chi connectivity index (χ3n) is 2.47. The van der Waals surface area contributed by atoms with E-state index in [4.69, 9.17) is 0 Å². The first-order valence-corrected chi connectivity index (χ1v) is 6.71. The summed E-state index contributed by atoms with van der Waals surface area (Å²) in [6.45, 7) is 0. The molecule has 1 nitrogen and oxygen atoms in total. The number of thiophene rings is 2. The van der Waals surface area contributed by atoms with Gasteiger partial charge in [0.25, 0.3) is 0 Å². The molecule has 0 bridgehead atoms. The molecule has 0 aliphatic rings. The van der Waals surface area contributed by atoms with Crippen LogP contribution in [0.5, 0.6) is 0 Å². The van der Waals surface area contributed by atoms with E-state index in [1.165, 1.54) is 35.6 Å². The first-order valence-electron chi connectivity index (χ1n) is 5.01. The molecule has 1 aromatic carbocycles. The van der Waals surface area contributed by atoms with Crippen LogP contribution in [0.1, 0.15) is 15.2 Å². The normalized spacial score (nSPS) is 10.9. The number of hydrogen-bond acceptors (Lipinski definition) is 3. The molecule has 0 saturated heterocycles. The number of carbonyl (C=O) groups is 1. The minimum Gasteiger partial charge on any atom is -0.288 e. The van der Waals surface area contributed by atoms with Crippen LogP contribution in [-0.4, -0.2) is 5.78 Å². The Morgan fingerprint density at radius 1 is 1.06 bits per heavy atom. The number of benzene rings is 1. The van der Waals surface area contributed by atoms with Gasteiger partial charge >= 0.3 is 0 Å². The Bertz CT molecular complexity index is 650. The lowest BCUT2D eigenvalue weighted by Crippen LogP contribution is -1.97. The van der Waals surface area contributed by atoms with Crippen molar-refractivity contribution in [2.45, 2.75) is 0 Å². The quantitative estimate of drug-likeness (QED) is 0.628. The Hall–Kier alpha value is -1.52. The van der Waals surface area contributed by atoms with Crippen LogP contribution in [0.4, 0.5) is 4.39 Å². The molecule has 17 heavy (non-hydrogen) atoms. The Morgan fingerprint density at radius 3 is 2.53 bits per heavy atom. The monoisotopic (exact) mass is 262 g/mol. The fourth-order valence-electron chi connectivity index (χ4n) is 1.62. The van der Waals surface area contributed by atoms with Crippen LogP contribution >= 0.6 is 22.7 Å². The van der Waals surface area contributed by atoms with Crippen molar-refractivity contribution in [2.75, 3.05) is 0 Å². The van der Waals surface area contributed by atoms with E-state index >= 15 is 0 Å². The van der Waals surface area contributed by atoms with E-state index < -0.39 is 0 Å².